The maximum atomic E-state index is 12.0. The Morgan fingerprint density at radius 2 is 1.20 bits per heavy atom. The van der Waals surface area contributed by atoms with Crippen molar-refractivity contribution in [3.8, 4) is 0 Å². The quantitative estimate of drug-likeness (QED) is 0.481. The third kappa shape index (κ3) is 3.26. The molecule has 0 aromatic rings. The zero-order chi connectivity index (χ0) is 12.1. The predicted molar refractivity (Wildman–Crippen MR) is 57.8 cm³/mol. The molecule has 0 bridgehead atoms. The second-order valence-corrected chi connectivity index (χ2v) is 14.1. The Bertz CT molecular complexity index is 190. The van der Waals surface area contributed by atoms with E-state index in [2.05, 4.69) is 6.58 Å². The van der Waals surface area contributed by atoms with E-state index in [1.54, 1.807) is 0 Å². The van der Waals surface area contributed by atoms with E-state index in [1.165, 1.54) is 34.1 Å². The van der Waals surface area contributed by atoms with Crippen molar-refractivity contribution in [3.63, 3.8) is 0 Å². The maximum Gasteiger partial charge on any atom is 0.609 e. The fourth-order valence-corrected chi connectivity index (χ4v) is 12.8. The fraction of sp³-hybridized carbons (Fsp3) is 0.667. The summed E-state index contributed by atoms with van der Waals surface area (Å²) in [6.07, 6.45) is 0. The standard InChI is InChI=1S/C6H15O6P2Si/c1-6-15(13(7,9-2)10-3)14(8,11-4)12-5/h6H,1H2,2-5H3. The van der Waals surface area contributed by atoms with Crippen LogP contribution in [0.5, 0.6) is 0 Å². The van der Waals surface area contributed by atoms with Crippen molar-refractivity contribution in [1.82, 2.24) is 0 Å². The van der Waals surface area contributed by atoms with Gasteiger partial charge in [-0.1, -0.05) is 6.58 Å². The molecule has 0 heterocycles. The van der Waals surface area contributed by atoms with Crippen LogP contribution in [0.3, 0.4) is 0 Å². The smallest absolute Gasteiger partial charge is 0.609 e. The molecular formula is C6H15O6P2Si. The molecule has 0 rings (SSSR count). The number of hydrogen-bond acceptors (Lipinski definition) is 6. The first-order valence-corrected chi connectivity index (χ1v) is 10.2. The molecule has 15 heavy (non-hydrogen) atoms. The molecule has 0 aliphatic carbocycles. The van der Waals surface area contributed by atoms with Gasteiger partial charge in [0.1, 0.15) is 0 Å². The van der Waals surface area contributed by atoms with Crippen molar-refractivity contribution in [2.75, 3.05) is 28.4 Å². The van der Waals surface area contributed by atoms with Crippen LogP contribution < -0.4 is 9.79 Å². The molecule has 0 saturated heterocycles. The predicted octanol–water partition coefficient (Wildman–Crippen LogP) is 0.0312. The lowest BCUT2D eigenvalue weighted by molar-refractivity contribution is -0.211. The first kappa shape index (κ1) is 15.6. The fourth-order valence-electron chi connectivity index (χ4n) is 0.897. The van der Waals surface area contributed by atoms with Crippen LogP contribution in [0, 0.1) is 0 Å². The van der Waals surface area contributed by atoms with Crippen molar-refractivity contribution >= 4 is 23.1 Å². The summed E-state index contributed by atoms with van der Waals surface area (Å²) in [6.45, 7) is 3.47. The first-order valence-electron chi connectivity index (χ1n) is 3.87. The SMILES string of the molecule is C=C[Si]([P+]([O-])(OC)OC)[P+]([O-])(OC)OC. The topological polar surface area (TPSA) is 83.0 Å². The minimum atomic E-state index is -3.48. The maximum absolute atomic E-state index is 12.0. The van der Waals surface area contributed by atoms with Gasteiger partial charge in [-0.2, -0.15) is 0 Å². The van der Waals surface area contributed by atoms with Gasteiger partial charge in [0.25, 0.3) is 0 Å². The Balaban J connectivity index is 5.11. The zero-order valence-electron chi connectivity index (χ0n) is 9.13. The molecule has 0 aliphatic rings. The lowest BCUT2D eigenvalue weighted by atomic mass is 11.3. The molecule has 0 amide bonds. The molecule has 0 unspecified atom stereocenters. The van der Waals surface area contributed by atoms with E-state index in [9.17, 15) is 9.79 Å². The van der Waals surface area contributed by atoms with Crippen LogP contribution in [0.1, 0.15) is 0 Å². The van der Waals surface area contributed by atoms with E-state index in [4.69, 9.17) is 18.1 Å². The van der Waals surface area contributed by atoms with Crippen molar-refractivity contribution in [1.29, 1.82) is 0 Å². The van der Waals surface area contributed by atoms with Crippen LogP contribution in [0.4, 0.5) is 0 Å². The molecular weight excluding hydrogens is 258 g/mol. The molecule has 0 aromatic heterocycles. The van der Waals surface area contributed by atoms with Gasteiger partial charge in [-0.15, -0.1) is 0 Å². The Morgan fingerprint density at radius 1 is 0.933 bits per heavy atom. The molecule has 0 spiro atoms. The highest BCUT2D eigenvalue weighted by Gasteiger charge is 2.63. The molecule has 0 saturated carbocycles. The summed E-state index contributed by atoms with van der Waals surface area (Å²) in [4.78, 5) is 24.1. The van der Waals surface area contributed by atoms with Gasteiger partial charge in [-0.25, -0.2) is 18.1 Å². The molecule has 0 atom stereocenters. The Kier molecular flexibility index (Phi) is 6.59. The lowest BCUT2D eigenvalue weighted by Gasteiger charge is -2.33. The second kappa shape index (κ2) is 6.35. The van der Waals surface area contributed by atoms with Gasteiger partial charge in [0.05, 0.1) is 28.4 Å². The van der Waals surface area contributed by atoms with Gasteiger partial charge in [0.2, 0.25) is 15.0 Å². The summed E-state index contributed by atoms with van der Waals surface area (Å²) in [5, 5.41) is 0. The van der Waals surface area contributed by atoms with Crippen LogP contribution in [0.15, 0.2) is 12.3 Å². The van der Waals surface area contributed by atoms with Crippen molar-refractivity contribution in [2.45, 2.75) is 0 Å². The Hall–Kier alpha value is 0.577. The third-order valence-corrected chi connectivity index (χ3v) is 16.2. The minimum Gasteiger partial charge on any atom is -0.639 e. The number of hydrogen-bond donors (Lipinski definition) is 0. The molecule has 0 aromatic carbocycles. The van der Waals surface area contributed by atoms with Crippen LogP contribution >= 0.6 is 15.0 Å². The van der Waals surface area contributed by atoms with E-state index in [0.717, 1.165) is 0 Å². The van der Waals surface area contributed by atoms with E-state index >= 15 is 0 Å². The van der Waals surface area contributed by atoms with Crippen molar-refractivity contribution in [3.05, 3.63) is 12.3 Å². The monoisotopic (exact) mass is 273 g/mol. The van der Waals surface area contributed by atoms with Crippen LogP contribution in [-0.2, 0) is 18.1 Å². The molecule has 0 fully saturated rings. The highest BCUT2D eigenvalue weighted by Crippen LogP contribution is 2.70. The van der Waals surface area contributed by atoms with Crippen LogP contribution in [-0.4, -0.2) is 36.6 Å². The number of rotatable bonds is 7. The van der Waals surface area contributed by atoms with Crippen molar-refractivity contribution in [2.24, 2.45) is 0 Å². The molecule has 0 aliphatic heterocycles. The molecule has 9 heteroatoms. The zero-order valence-corrected chi connectivity index (χ0v) is 11.9. The largest absolute Gasteiger partial charge is 0.639 e. The van der Waals surface area contributed by atoms with Gasteiger partial charge < -0.3 is 9.79 Å². The Labute approximate surface area is 92.3 Å². The van der Waals surface area contributed by atoms with Gasteiger partial charge >= 0.3 is 8.13 Å². The third-order valence-electron chi connectivity index (χ3n) is 1.71. The molecule has 1 radical (unpaired) electrons. The van der Waals surface area contributed by atoms with Gasteiger partial charge in [0.15, 0.2) is 0 Å². The van der Waals surface area contributed by atoms with Gasteiger partial charge in [-0.3, -0.25) is 0 Å². The summed E-state index contributed by atoms with van der Waals surface area (Å²) in [6, 6.07) is 0. The van der Waals surface area contributed by atoms with E-state index in [1.807, 2.05) is 0 Å². The van der Waals surface area contributed by atoms with E-state index in [-0.39, 0.29) is 0 Å². The average molecular weight is 273 g/mol. The Morgan fingerprint density at radius 3 is 1.33 bits per heavy atom. The molecule has 89 valence electrons. The summed E-state index contributed by atoms with van der Waals surface area (Å²) in [5.41, 5.74) is 1.28. The average Bonchev–Trinajstić information content (AvgIpc) is 2.29. The molecule has 0 N–H and O–H groups in total. The lowest BCUT2D eigenvalue weighted by Crippen LogP contribution is -2.36. The van der Waals surface area contributed by atoms with Crippen LogP contribution in [0.2, 0.25) is 0 Å². The highest BCUT2D eigenvalue weighted by atomic mass is 31.7. The van der Waals surface area contributed by atoms with E-state index in [0.29, 0.717) is 0 Å². The van der Waals surface area contributed by atoms with Crippen LogP contribution in [0.25, 0.3) is 0 Å². The summed E-state index contributed by atoms with van der Waals surface area (Å²) >= 11 is 0. The molecule has 6 nitrogen and oxygen atoms in total. The minimum absolute atomic E-state index is 1.22. The van der Waals surface area contributed by atoms with Crippen molar-refractivity contribution < 1.29 is 27.9 Å². The normalized spacial score (nSPS) is 13.3. The van der Waals surface area contributed by atoms with E-state index < -0.39 is 23.1 Å². The first-order chi connectivity index (χ1) is 6.94. The summed E-state index contributed by atoms with van der Waals surface area (Å²) in [7, 11) is -4.36. The second-order valence-electron chi connectivity index (χ2n) is 2.29. The van der Waals surface area contributed by atoms with Gasteiger partial charge in [-0.05, 0) is 5.70 Å². The van der Waals surface area contributed by atoms with Gasteiger partial charge in [0, 0.05) is 0 Å². The summed E-state index contributed by atoms with van der Waals surface area (Å²) in [5.74, 6) is 0. The highest BCUT2D eigenvalue weighted by molar-refractivity contribution is 8.22. The summed E-state index contributed by atoms with van der Waals surface area (Å²) < 4.78 is 19.1.